The van der Waals surface area contributed by atoms with E-state index in [1.165, 1.54) is 5.56 Å². The number of ether oxygens (including phenoxy) is 1. The standard InChI is InChI=1S/C24H22N2O3/c1-15-12-17(3)22(13-16(15)2)28-14-23(27)25-19-10-8-18(9-11-19)24-26-20-6-4-5-7-21(20)29-24/h4-13H,14H2,1-3H3,(H,25,27). The van der Waals surface area contributed by atoms with Crippen LogP contribution in [0.2, 0.25) is 0 Å². The van der Waals surface area contributed by atoms with Gasteiger partial charge in [0.2, 0.25) is 5.89 Å². The fourth-order valence-corrected chi connectivity index (χ4v) is 3.12. The first-order valence-electron chi connectivity index (χ1n) is 9.46. The molecule has 0 bridgehead atoms. The van der Waals surface area contributed by atoms with Crippen molar-refractivity contribution in [1.29, 1.82) is 0 Å². The maximum Gasteiger partial charge on any atom is 0.262 e. The maximum absolute atomic E-state index is 12.3. The van der Waals surface area contributed by atoms with Crippen molar-refractivity contribution in [2.45, 2.75) is 20.8 Å². The second-order valence-electron chi connectivity index (χ2n) is 7.10. The third kappa shape index (κ3) is 4.14. The highest BCUT2D eigenvalue weighted by molar-refractivity contribution is 5.92. The Morgan fingerprint density at radius 3 is 2.45 bits per heavy atom. The Bertz CT molecular complexity index is 1140. The second-order valence-corrected chi connectivity index (χ2v) is 7.10. The summed E-state index contributed by atoms with van der Waals surface area (Å²) in [5.41, 5.74) is 6.47. The van der Waals surface area contributed by atoms with Gasteiger partial charge >= 0.3 is 0 Å². The molecule has 1 amide bonds. The van der Waals surface area contributed by atoms with Crippen LogP contribution >= 0.6 is 0 Å². The molecule has 0 radical (unpaired) electrons. The average molecular weight is 386 g/mol. The van der Waals surface area contributed by atoms with Gasteiger partial charge in [-0.05, 0) is 79.9 Å². The van der Waals surface area contributed by atoms with Crippen LogP contribution < -0.4 is 10.1 Å². The number of fused-ring (bicyclic) bond motifs is 1. The molecule has 1 N–H and O–H groups in total. The van der Waals surface area contributed by atoms with Crippen molar-refractivity contribution in [3.05, 3.63) is 77.4 Å². The average Bonchev–Trinajstić information content (AvgIpc) is 3.14. The van der Waals surface area contributed by atoms with Crippen molar-refractivity contribution >= 4 is 22.7 Å². The van der Waals surface area contributed by atoms with Crippen LogP contribution in [0.1, 0.15) is 16.7 Å². The monoisotopic (exact) mass is 386 g/mol. The lowest BCUT2D eigenvalue weighted by atomic mass is 10.1. The number of aromatic nitrogens is 1. The number of aryl methyl sites for hydroxylation is 3. The minimum Gasteiger partial charge on any atom is -0.483 e. The molecule has 4 aromatic rings. The lowest BCUT2D eigenvalue weighted by Crippen LogP contribution is -2.20. The third-order valence-electron chi connectivity index (χ3n) is 4.86. The van der Waals surface area contributed by atoms with E-state index >= 15 is 0 Å². The van der Waals surface area contributed by atoms with Gasteiger partial charge in [-0.2, -0.15) is 0 Å². The van der Waals surface area contributed by atoms with Gasteiger partial charge in [0.15, 0.2) is 12.2 Å². The summed E-state index contributed by atoms with van der Waals surface area (Å²) in [6.45, 7) is 6.02. The molecule has 0 fully saturated rings. The quantitative estimate of drug-likeness (QED) is 0.496. The second kappa shape index (κ2) is 7.80. The Kier molecular flexibility index (Phi) is 5.04. The van der Waals surface area contributed by atoms with Crippen molar-refractivity contribution in [3.63, 3.8) is 0 Å². The van der Waals surface area contributed by atoms with Gasteiger partial charge in [-0.3, -0.25) is 4.79 Å². The lowest BCUT2D eigenvalue weighted by molar-refractivity contribution is -0.118. The zero-order valence-corrected chi connectivity index (χ0v) is 16.7. The number of oxazole rings is 1. The molecule has 1 heterocycles. The van der Waals surface area contributed by atoms with Crippen LogP contribution in [-0.4, -0.2) is 17.5 Å². The SMILES string of the molecule is Cc1cc(C)c(OCC(=O)Nc2ccc(-c3nc4ccccc4o3)cc2)cc1C. The van der Waals surface area contributed by atoms with Crippen molar-refractivity contribution in [2.75, 3.05) is 11.9 Å². The van der Waals surface area contributed by atoms with E-state index in [0.717, 1.165) is 33.5 Å². The van der Waals surface area contributed by atoms with E-state index in [2.05, 4.69) is 23.3 Å². The summed E-state index contributed by atoms with van der Waals surface area (Å²) in [4.78, 5) is 16.7. The predicted octanol–water partition coefficient (Wildman–Crippen LogP) is 5.44. The first-order chi connectivity index (χ1) is 14.0. The predicted molar refractivity (Wildman–Crippen MR) is 114 cm³/mol. The summed E-state index contributed by atoms with van der Waals surface area (Å²) in [7, 11) is 0. The number of para-hydroxylation sites is 2. The topological polar surface area (TPSA) is 64.4 Å². The van der Waals surface area contributed by atoms with E-state index in [9.17, 15) is 4.79 Å². The first kappa shape index (κ1) is 18.7. The van der Waals surface area contributed by atoms with Gasteiger partial charge in [0, 0.05) is 11.3 Å². The summed E-state index contributed by atoms with van der Waals surface area (Å²) in [6, 6.07) is 19.1. The van der Waals surface area contributed by atoms with Crippen LogP contribution in [0.25, 0.3) is 22.6 Å². The Morgan fingerprint density at radius 1 is 0.966 bits per heavy atom. The molecule has 0 unspecified atom stereocenters. The molecule has 3 aromatic carbocycles. The zero-order chi connectivity index (χ0) is 20.4. The molecule has 29 heavy (non-hydrogen) atoms. The van der Waals surface area contributed by atoms with Crippen LogP contribution in [0.15, 0.2) is 65.1 Å². The van der Waals surface area contributed by atoms with Crippen LogP contribution in [0.3, 0.4) is 0 Å². The summed E-state index contributed by atoms with van der Waals surface area (Å²) >= 11 is 0. The number of nitrogens with zero attached hydrogens (tertiary/aromatic N) is 1. The van der Waals surface area contributed by atoms with Gasteiger partial charge in [-0.1, -0.05) is 18.2 Å². The Labute approximate surface area is 169 Å². The highest BCUT2D eigenvalue weighted by Gasteiger charge is 2.10. The van der Waals surface area contributed by atoms with Crippen molar-refractivity contribution < 1.29 is 13.9 Å². The maximum atomic E-state index is 12.3. The van der Waals surface area contributed by atoms with E-state index in [1.54, 1.807) is 0 Å². The van der Waals surface area contributed by atoms with Crippen LogP contribution in [-0.2, 0) is 4.79 Å². The molecule has 0 atom stereocenters. The largest absolute Gasteiger partial charge is 0.483 e. The van der Waals surface area contributed by atoms with E-state index in [0.29, 0.717) is 11.6 Å². The first-order valence-corrected chi connectivity index (χ1v) is 9.46. The number of nitrogens with one attached hydrogen (secondary N) is 1. The third-order valence-corrected chi connectivity index (χ3v) is 4.86. The number of rotatable bonds is 5. The van der Waals surface area contributed by atoms with E-state index in [-0.39, 0.29) is 12.5 Å². The fraction of sp³-hybridized carbons (Fsp3) is 0.167. The van der Waals surface area contributed by atoms with Gasteiger partial charge < -0.3 is 14.5 Å². The Morgan fingerprint density at radius 2 is 1.69 bits per heavy atom. The molecular formula is C24H22N2O3. The minimum atomic E-state index is -0.211. The van der Waals surface area contributed by atoms with Crippen LogP contribution in [0.5, 0.6) is 5.75 Å². The van der Waals surface area contributed by atoms with Gasteiger partial charge in [-0.15, -0.1) is 0 Å². The molecule has 0 aliphatic carbocycles. The van der Waals surface area contributed by atoms with Crippen molar-refractivity contribution in [3.8, 4) is 17.2 Å². The number of amides is 1. The van der Waals surface area contributed by atoms with Gasteiger partial charge in [0.25, 0.3) is 5.91 Å². The number of benzene rings is 3. The van der Waals surface area contributed by atoms with Gasteiger partial charge in [-0.25, -0.2) is 4.98 Å². The zero-order valence-electron chi connectivity index (χ0n) is 16.7. The van der Waals surface area contributed by atoms with Gasteiger partial charge in [0.05, 0.1) is 0 Å². The normalized spacial score (nSPS) is 10.9. The number of carbonyl (C=O) groups is 1. The van der Waals surface area contributed by atoms with Crippen molar-refractivity contribution in [1.82, 2.24) is 4.98 Å². The molecule has 0 spiro atoms. The van der Waals surface area contributed by atoms with E-state index in [1.807, 2.05) is 68.4 Å². The molecule has 0 aliphatic rings. The van der Waals surface area contributed by atoms with Crippen LogP contribution in [0, 0.1) is 20.8 Å². The number of carbonyl (C=O) groups excluding carboxylic acids is 1. The number of hydrogen-bond donors (Lipinski definition) is 1. The molecule has 5 nitrogen and oxygen atoms in total. The van der Waals surface area contributed by atoms with Crippen molar-refractivity contribution in [2.24, 2.45) is 0 Å². The summed E-state index contributed by atoms with van der Waals surface area (Å²) in [5.74, 6) is 1.07. The molecule has 0 saturated carbocycles. The summed E-state index contributed by atoms with van der Waals surface area (Å²) in [5, 5.41) is 2.85. The molecule has 0 aliphatic heterocycles. The molecule has 146 valence electrons. The van der Waals surface area contributed by atoms with Gasteiger partial charge in [0.1, 0.15) is 11.3 Å². The molecule has 4 rings (SSSR count). The van der Waals surface area contributed by atoms with Crippen LogP contribution in [0.4, 0.5) is 5.69 Å². The van der Waals surface area contributed by atoms with E-state index < -0.39 is 0 Å². The highest BCUT2D eigenvalue weighted by atomic mass is 16.5. The Balaban J connectivity index is 1.39. The molecule has 5 heteroatoms. The highest BCUT2D eigenvalue weighted by Crippen LogP contribution is 2.25. The fourth-order valence-electron chi connectivity index (χ4n) is 3.12. The Hall–Kier alpha value is -3.60. The molecule has 1 aromatic heterocycles. The number of hydrogen-bond acceptors (Lipinski definition) is 4. The smallest absolute Gasteiger partial charge is 0.262 e. The lowest BCUT2D eigenvalue weighted by Gasteiger charge is -2.12. The minimum absolute atomic E-state index is 0.0454. The summed E-state index contributed by atoms with van der Waals surface area (Å²) < 4.78 is 11.5. The number of anilines is 1. The van der Waals surface area contributed by atoms with E-state index in [4.69, 9.17) is 9.15 Å². The summed E-state index contributed by atoms with van der Waals surface area (Å²) in [6.07, 6.45) is 0. The molecular weight excluding hydrogens is 364 g/mol. The molecule has 0 saturated heterocycles.